The Bertz CT molecular complexity index is 212. The molecule has 2 heteroatoms. The van der Waals surface area contributed by atoms with Gasteiger partial charge in [-0.1, -0.05) is 13.3 Å². The number of ether oxygens (including phenoxy) is 1. The van der Waals surface area contributed by atoms with Gasteiger partial charge in [-0.15, -0.1) is 0 Å². The molecular weight excluding hydrogens is 164 g/mol. The van der Waals surface area contributed by atoms with Crippen LogP contribution in [0.2, 0.25) is 0 Å². The summed E-state index contributed by atoms with van der Waals surface area (Å²) in [7, 11) is 0. The van der Waals surface area contributed by atoms with E-state index in [4.69, 9.17) is 4.74 Å². The zero-order chi connectivity index (χ0) is 9.31. The Morgan fingerprint density at radius 2 is 2.15 bits per heavy atom. The van der Waals surface area contributed by atoms with Crippen LogP contribution in [-0.4, -0.2) is 11.6 Å². The molecule has 0 aromatic rings. The second-order valence-electron chi connectivity index (χ2n) is 4.69. The lowest BCUT2D eigenvalue weighted by atomic mass is 9.91. The van der Waals surface area contributed by atoms with Gasteiger partial charge < -0.3 is 4.74 Å². The van der Waals surface area contributed by atoms with Crippen molar-refractivity contribution in [1.82, 2.24) is 0 Å². The van der Waals surface area contributed by atoms with Crippen LogP contribution in [0, 0.1) is 5.92 Å². The fraction of sp³-hybridized carbons (Fsp3) is 0.909. The Morgan fingerprint density at radius 1 is 1.31 bits per heavy atom. The van der Waals surface area contributed by atoms with Crippen molar-refractivity contribution in [3.63, 3.8) is 0 Å². The first-order valence-corrected chi connectivity index (χ1v) is 5.42. The smallest absolute Gasteiger partial charge is 0.306 e. The van der Waals surface area contributed by atoms with Gasteiger partial charge in [0.05, 0.1) is 0 Å². The van der Waals surface area contributed by atoms with Crippen molar-refractivity contribution in [1.29, 1.82) is 0 Å². The minimum Gasteiger partial charge on any atom is -0.459 e. The molecule has 0 aromatic heterocycles. The Kier molecular flexibility index (Phi) is 2.31. The van der Waals surface area contributed by atoms with Gasteiger partial charge in [0, 0.05) is 6.42 Å². The standard InChI is InChI=1S/C11H18O2/c1-9-3-2-6-11(7-4-9)8-5-10(12)13-11/h9H,2-8H2,1H3. The largest absolute Gasteiger partial charge is 0.459 e. The molecule has 1 saturated heterocycles. The van der Waals surface area contributed by atoms with Gasteiger partial charge in [0.15, 0.2) is 0 Å². The molecular formula is C11H18O2. The third kappa shape index (κ3) is 1.87. The molecule has 0 N–H and O–H groups in total. The molecule has 1 heterocycles. The van der Waals surface area contributed by atoms with E-state index in [-0.39, 0.29) is 11.6 Å². The van der Waals surface area contributed by atoms with Crippen LogP contribution in [-0.2, 0) is 9.53 Å². The molecule has 2 nitrogen and oxygen atoms in total. The van der Waals surface area contributed by atoms with Crippen molar-refractivity contribution in [2.24, 2.45) is 5.92 Å². The molecule has 2 unspecified atom stereocenters. The van der Waals surface area contributed by atoms with E-state index in [1.54, 1.807) is 0 Å². The molecule has 1 saturated carbocycles. The SMILES string of the molecule is CC1CCCC2(CCC(=O)O2)CC1. The van der Waals surface area contributed by atoms with Crippen molar-refractivity contribution in [3.8, 4) is 0 Å². The summed E-state index contributed by atoms with van der Waals surface area (Å²) in [5, 5.41) is 0. The zero-order valence-corrected chi connectivity index (χ0v) is 8.34. The number of carbonyl (C=O) groups is 1. The second kappa shape index (κ2) is 3.32. The maximum absolute atomic E-state index is 11.1. The van der Waals surface area contributed by atoms with E-state index >= 15 is 0 Å². The number of hydrogen-bond acceptors (Lipinski definition) is 2. The van der Waals surface area contributed by atoms with Gasteiger partial charge in [-0.25, -0.2) is 0 Å². The van der Waals surface area contributed by atoms with Gasteiger partial charge in [-0.2, -0.15) is 0 Å². The molecule has 2 rings (SSSR count). The van der Waals surface area contributed by atoms with Crippen molar-refractivity contribution in [3.05, 3.63) is 0 Å². The van der Waals surface area contributed by atoms with Crippen LogP contribution < -0.4 is 0 Å². The molecule has 2 fully saturated rings. The number of rotatable bonds is 0. The Hall–Kier alpha value is -0.530. The summed E-state index contributed by atoms with van der Waals surface area (Å²) in [5.41, 5.74) is -0.0398. The average molecular weight is 182 g/mol. The maximum atomic E-state index is 11.1. The minimum atomic E-state index is -0.0398. The molecule has 2 atom stereocenters. The molecule has 1 aliphatic carbocycles. The van der Waals surface area contributed by atoms with E-state index in [1.165, 1.54) is 19.3 Å². The van der Waals surface area contributed by atoms with Crippen molar-refractivity contribution >= 4 is 5.97 Å². The fourth-order valence-electron chi connectivity index (χ4n) is 2.58. The monoisotopic (exact) mass is 182 g/mol. The predicted octanol–water partition coefficient (Wildman–Crippen LogP) is 2.66. The van der Waals surface area contributed by atoms with E-state index in [9.17, 15) is 4.79 Å². The topological polar surface area (TPSA) is 26.3 Å². The third-order valence-electron chi connectivity index (χ3n) is 3.54. The van der Waals surface area contributed by atoms with E-state index < -0.39 is 0 Å². The number of esters is 1. The summed E-state index contributed by atoms with van der Waals surface area (Å²) < 4.78 is 5.48. The first-order chi connectivity index (χ1) is 6.20. The van der Waals surface area contributed by atoms with Gasteiger partial charge in [-0.3, -0.25) is 4.79 Å². The summed E-state index contributed by atoms with van der Waals surface area (Å²) in [5.74, 6) is 0.841. The number of carbonyl (C=O) groups excluding carboxylic acids is 1. The molecule has 1 spiro atoms. The highest BCUT2D eigenvalue weighted by atomic mass is 16.6. The molecule has 2 aliphatic rings. The van der Waals surface area contributed by atoms with Gasteiger partial charge in [-0.05, 0) is 38.0 Å². The second-order valence-corrected chi connectivity index (χ2v) is 4.69. The van der Waals surface area contributed by atoms with E-state index in [0.717, 1.165) is 25.2 Å². The molecule has 0 bridgehead atoms. The highest BCUT2D eigenvalue weighted by Crippen LogP contribution is 2.40. The summed E-state index contributed by atoms with van der Waals surface area (Å²) in [4.78, 5) is 11.1. The highest BCUT2D eigenvalue weighted by Gasteiger charge is 2.40. The van der Waals surface area contributed by atoms with E-state index in [2.05, 4.69) is 6.92 Å². The quantitative estimate of drug-likeness (QED) is 0.538. The van der Waals surface area contributed by atoms with Crippen LogP contribution in [0.25, 0.3) is 0 Å². The van der Waals surface area contributed by atoms with Gasteiger partial charge in [0.25, 0.3) is 0 Å². The van der Waals surface area contributed by atoms with Gasteiger partial charge in [0.2, 0.25) is 0 Å². The lowest BCUT2D eigenvalue weighted by Gasteiger charge is -2.25. The minimum absolute atomic E-state index is 0.0227. The summed E-state index contributed by atoms with van der Waals surface area (Å²) in [6.45, 7) is 2.30. The van der Waals surface area contributed by atoms with Crippen LogP contribution in [0.15, 0.2) is 0 Å². The van der Waals surface area contributed by atoms with Crippen LogP contribution in [0.4, 0.5) is 0 Å². The zero-order valence-electron chi connectivity index (χ0n) is 8.34. The Balaban J connectivity index is 2.02. The molecule has 74 valence electrons. The molecule has 0 radical (unpaired) electrons. The number of hydrogen-bond donors (Lipinski definition) is 0. The van der Waals surface area contributed by atoms with Crippen LogP contribution in [0.1, 0.15) is 51.9 Å². The first kappa shape index (κ1) is 9.04. The summed E-state index contributed by atoms with van der Waals surface area (Å²) in [6, 6.07) is 0. The van der Waals surface area contributed by atoms with Crippen LogP contribution >= 0.6 is 0 Å². The van der Waals surface area contributed by atoms with Gasteiger partial charge >= 0.3 is 5.97 Å². The molecule has 0 aromatic carbocycles. The fourth-order valence-corrected chi connectivity index (χ4v) is 2.58. The highest BCUT2D eigenvalue weighted by molar-refractivity contribution is 5.72. The van der Waals surface area contributed by atoms with Crippen LogP contribution in [0.3, 0.4) is 0 Å². The maximum Gasteiger partial charge on any atom is 0.306 e. The lowest BCUT2D eigenvalue weighted by molar-refractivity contribution is -0.149. The lowest BCUT2D eigenvalue weighted by Crippen LogP contribution is -2.27. The Labute approximate surface area is 79.7 Å². The molecule has 0 amide bonds. The third-order valence-corrected chi connectivity index (χ3v) is 3.54. The van der Waals surface area contributed by atoms with Crippen molar-refractivity contribution in [2.45, 2.75) is 57.5 Å². The Morgan fingerprint density at radius 3 is 2.85 bits per heavy atom. The van der Waals surface area contributed by atoms with Crippen LogP contribution in [0.5, 0.6) is 0 Å². The average Bonchev–Trinajstić information content (AvgIpc) is 2.35. The molecule has 13 heavy (non-hydrogen) atoms. The van der Waals surface area contributed by atoms with Crippen molar-refractivity contribution < 1.29 is 9.53 Å². The molecule has 1 aliphatic heterocycles. The summed E-state index contributed by atoms with van der Waals surface area (Å²) in [6.07, 6.45) is 7.58. The normalized spacial score (nSPS) is 40.4. The van der Waals surface area contributed by atoms with E-state index in [0.29, 0.717) is 6.42 Å². The van der Waals surface area contributed by atoms with Crippen molar-refractivity contribution in [2.75, 3.05) is 0 Å². The first-order valence-electron chi connectivity index (χ1n) is 5.42. The van der Waals surface area contributed by atoms with E-state index in [1.807, 2.05) is 0 Å². The predicted molar refractivity (Wildman–Crippen MR) is 50.3 cm³/mol. The summed E-state index contributed by atoms with van der Waals surface area (Å²) >= 11 is 0. The van der Waals surface area contributed by atoms with Gasteiger partial charge in [0.1, 0.15) is 5.60 Å².